The Morgan fingerprint density at radius 1 is 1.05 bits per heavy atom. The largest absolute Gasteiger partial charge is 0.383 e. The summed E-state index contributed by atoms with van der Waals surface area (Å²) < 4.78 is 27.7. The number of hydrogen-bond donors (Lipinski definition) is 3. The van der Waals surface area contributed by atoms with Gasteiger partial charge in [-0.3, -0.25) is 9.52 Å². The average Bonchev–Trinajstić information content (AvgIpc) is 3.35. The lowest BCUT2D eigenvalue weighted by atomic mass is 9.96. The molecule has 4 rings (SSSR count). The minimum atomic E-state index is -3.89. The monoisotopic (exact) mass is 604 g/mol. The molecule has 2 aromatic carbocycles. The molecule has 1 amide bonds. The molecule has 0 spiro atoms. The number of thioether (sulfide) groups is 1. The Labute approximate surface area is 245 Å². The lowest BCUT2D eigenvalue weighted by molar-refractivity contribution is -0.115. The highest BCUT2D eigenvalue weighted by atomic mass is 32.2. The second-order valence-electron chi connectivity index (χ2n) is 8.78. The Kier molecular flexibility index (Phi) is 8.88. The van der Waals surface area contributed by atoms with Gasteiger partial charge in [0.05, 0.1) is 15.7 Å². The summed E-state index contributed by atoms with van der Waals surface area (Å²) in [5.41, 5.74) is 8.78. The maximum absolute atomic E-state index is 13.2. The van der Waals surface area contributed by atoms with E-state index < -0.39 is 15.3 Å². The fourth-order valence-electron chi connectivity index (χ4n) is 3.80. The molecule has 0 aliphatic heterocycles. The van der Waals surface area contributed by atoms with Crippen LogP contribution in [0.25, 0.3) is 11.1 Å². The second kappa shape index (κ2) is 12.3. The number of nitrogens with one attached hydrogen (secondary N) is 2. The number of carbonyl (C=O) groups excluding carboxylic acids is 1. The number of benzene rings is 2. The van der Waals surface area contributed by atoms with Crippen molar-refractivity contribution in [1.29, 1.82) is 10.5 Å². The van der Waals surface area contributed by atoms with Crippen molar-refractivity contribution in [3.05, 3.63) is 70.2 Å². The summed E-state index contributed by atoms with van der Waals surface area (Å²) in [6, 6.07) is 17.2. The van der Waals surface area contributed by atoms with Crippen molar-refractivity contribution >= 4 is 55.7 Å². The Morgan fingerprint density at radius 3 is 2.27 bits per heavy atom. The van der Waals surface area contributed by atoms with Gasteiger partial charge in [0.1, 0.15) is 33.6 Å². The van der Waals surface area contributed by atoms with E-state index in [1.807, 2.05) is 26.0 Å². The number of nitrogen functional groups attached to an aromatic ring is 1. The van der Waals surface area contributed by atoms with Crippen molar-refractivity contribution in [3.63, 3.8) is 0 Å². The first-order valence-electron chi connectivity index (χ1n) is 12.2. The van der Waals surface area contributed by atoms with Crippen LogP contribution in [0.2, 0.25) is 0 Å². The highest BCUT2D eigenvalue weighted by Crippen LogP contribution is 2.38. The van der Waals surface area contributed by atoms with Crippen LogP contribution in [0.15, 0.2) is 58.5 Å². The number of anilines is 3. The molecule has 208 valence electrons. The van der Waals surface area contributed by atoms with Gasteiger partial charge in [0.25, 0.3) is 10.0 Å². The molecule has 1 atom stereocenters. The van der Waals surface area contributed by atoms with E-state index in [4.69, 9.17) is 5.73 Å². The smallest absolute Gasteiger partial charge is 0.263 e. The second-order valence-corrected chi connectivity index (χ2v) is 12.8. The zero-order valence-corrected chi connectivity index (χ0v) is 24.6. The van der Waals surface area contributed by atoms with Crippen LogP contribution in [0.4, 0.5) is 16.6 Å². The Morgan fingerprint density at radius 2 is 1.71 bits per heavy atom. The maximum atomic E-state index is 13.2. The maximum Gasteiger partial charge on any atom is 0.263 e. The van der Waals surface area contributed by atoms with Crippen LogP contribution in [-0.2, 0) is 14.8 Å². The van der Waals surface area contributed by atoms with E-state index in [2.05, 4.69) is 37.4 Å². The van der Waals surface area contributed by atoms with Gasteiger partial charge in [-0.1, -0.05) is 59.9 Å². The zero-order valence-electron chi connectivity index (χ0n) is 22.2. The first-order chi connectivity index (χ1) is 19.6. The van der Waals surface area contributed by atoms with Gasteiger partial charge in [-0.05, 0) is 50.1 Å². The summed E-state index contributed by atoms with van der Waals surface area (Å²) >= 11 is 2.18. The predicted octanol–water partition coefficient (Wildman–Crippen LogP) is 4.85. The molecule has 1 unspecified atom stereocenters. The number of amides is 1. The van der Waals surface area contributed by atoms with E-state index in [1.54, 1.807) is 19.1 Å². The predicted molar refractivity (Wildman–Crippen MR) is 159 cm³/mol. The first-order valence-corrected chi connectivity index (χ1v) is 15.4. The van der Waals surface area contributed by atoms with Crippen LogP contribution in [0.1, 0.15) is 35.0 Å². The minimum Gasteiger partial charge on any atom is -0.383 e. The van der Waals surface area contributed by atoms with Gasteiger partial charge in [-0.25, -0.2) is 13.4 Å². The fourth-order valence-corrected chi connectivity index (χ4v) is 6.64. The molecule has 11 nitrogen and oxygen atoms in total. The number of sulfonamides is 1. The number of nitrogens with two attached hydrogens (primary N) is 1. The molecule has 0 aliphatic rings. The van der Waals surface area contributed by atoms with Crippen molar-refractivity contribution in [2.24, 2.45) is 0 Å². The molecule has 14 heteroatoms. The molecule has 2 aromatic heterocycles. The average molecular weight is 605 g/mol. The van der Waals surface area contributed by atoms with Gasteiger partial charge in [0.2, 0.25) is 11.0 Å². The highest BCUT2D eigenvalue weighted by molar-refractivity contribution is 8.00. The van der Waals surface area contributed by atoms with Gasteiger partial charge in [0.15, 0.2) is 0 Å². The third-order valence-corrected chi connectivity index (χ3v) is 9.44. The summed E-state index contributed by atoms with van der Waals surface area (Å²) in [5.74, 6) is -0.407. The third-order valence-electron chi connectivity index (χ3n) is 5.85. The van der Waals surface area contributed by atoms with Crippen LogP contribution in [0.5, 0.6) is 0 Å². The van der Waals surface area contributed by atoms with Crippen molar-refractivity contribution in [1.82, 2.24) is 15.2 Å². The summed E-state index contributed by atoms with van der Waals surface area (Å²) in [7, 11) is -3.89. The van der Waals surface area contributed by atoms with Gasteiger partial charge >= 0.3 is 0 Å². The van der Waals surface area contributed by atoms with Crippen LogP contribution in [-0.4, -0.2) is 34.8 Å². The van der Waals surface area contributed by atoms with Crippen molar-refractivity contribution in [2.45, 2.75) is 42.4 Å². The molecule has 0 bridgehead atoms. The number of aromatic nitrogens is 3. The number of nitrogens with zero attached hydrogens (tertiary/aromatic N) is 5. The molecule has 0 saturated carbocycles. The molecule has 0 saturated heterocycles. The first kappa shape index (κ1) is 29.5. The SMILES string of the molecule is CCC(Sc1nc(N)c(C#N)c(-c2ccc(C)cc2)c1C#N)C(=O)Nc1ccc(S(=O)(=O)Nc2nnc(C)s2)cc1. The van der Waals surface area contributed by atoms with E-state index in [0.717, 1.165) is 28.7 Å². The van der Waals surface area contributed by atoms with Crippen molar-refractivity contribution < 1.29 is 13.2 Å². The van der Waals surface area contributed by atoms with Crippen molar-refractivity contribution in [2.75, 3.05) is 15.8 Å². The molecule has 0 radical (unpaired) electrons. The summed E-state index contributed by atoms with van der Waals surface area (Å²) in [6.45, 7) is 5.45. The molecular weight excluding hydrogens is 581 g/mol. The standard InChI is InChI=1S/C27H24N8O3S3/c1-4-22(25(36)31-18-9-11-19(12-10-18)41(37,38)35-27-34-33-16(3)39-27)40-26-21(14-29)23(20(13-28)24(30)32-26)17-7-5-15(2)6-8-17/h5-12,22H,4H2,1-3H3,(H2,30,32)(H,31,36)(H,34,35). The lowest BCUT2D eigenvalue weighted by Gasteiger charge is -2.18. The molecular formula is C27H24N8O3S3. The molecule has 41 heavy (non-hydrogen) atoms. The zero-order chi connectivity index (χ0) is 29.7. The number of aryl methyl sites for hydroxylation is 2. The molecule has 4 aromatic rings. The molecule has 0 fully saturated rings. The summed E-state index contributed by atoms with van der Waals surface area (Å²) in [5, 5.41) is 30.5. The third kappa shape index (κ3) is 6.63. The Balaban J connectivity index is 1.56. The Hall–Kier alpha value is -4.50. The topological polar surface area (TPSA) is 188 Å². The molecule has 2 heterocycles. The normalized spacial score (nSPS) is 11.7. The van der Waals surface area contributed by atoms with E-state index in [0.29, 0.717) is 28.2 Å². The Bertz CT molecular complexity index is 1790. The van der Waals surface area contributed by atoms with Crippen molar-refractivity contribution in [3.8, 4) is 23.3 Å². The van der Waals surface area contributed by atoms with Crippen LogP contribution in [0.3, 0.4) is 0 Å². The van der Waals surface area contributed by atoms with E-state index in [9.17, 15) is 23.7 Å². The number of pyridine rings is 1. The quantitative estimate of drug-likeness (QED) is 0.223. The van der Waals surface area contributed by atoms with Crippen LogP contribution < -0.4 is 15.8 Å². The van der Waals surface area contributed by atoms with E-state index in [-0.39, 0.29) is 37.9 Å². The summed E-state index contributed by atoms with van der Waals surface area (Å²) in [4.78, 5) is 17.5. The number of carbonyl (C=O) groups is 1. The summed E-state index contributed by atoms with van der Waals surface area (Å²) in [6.07, 6.45) is 0.389. The number of nitriles is 2. The van der Waals surface area contributed by atoms with Gasteiger partial charge in [-0.15, -0.1) is 10.2 Å². The van der Waals surface area contributed by atoms with Gasteiger partial charge in [-0.2, -0.15) is 10.5 Å². The van der Waals surface area contributed by atoms with E-state index in [1.165, 1.54) is 24.3 Å². The fraction of sp³-hybridized carbons (Fsp3) is 0.185. The van der Waals surface area contributed by atoms with Crippen LogP contribution in [0, 0.1) is 36.5 Å². The minimum absolute atomic E-state index is 0.00989. The van der Waals surface area contributed by atoms with Crippen LogP contribution >= 0.6 is 23.1 Å². The van der Waals surface area contributed by atoms with Gasteiger partial charge in [0, 0.05) is 11.3 Å². The molecule has 0 aliphatic carbocycles. The number of rotatable bonds is 9. The highest BCUT2D eigenvalue weighted by Gasteiger charge is 2.26. The lowest BCUT2D eigenvalue weighted by Crippen LogP contribution is -2.25. The van der Waals surface area contributed by atoms with Gasteiger partial charge < -0.3 is 11.1 Å². The molecule has 4 N–H and O–H groups in total. The number of hydrogen-bond acceptors (Lipinski definition) is 11. The van der Waals surface area contributed by atoms with E-state index >= 15 is 0 Å².